The molecule has 0 saturated carbocycles. The molecule has 1 aliphatic rings. The van der Waals surface area contributed by atoms with E-state index in [-0.39, 0.29) is 12.1 Å². The van der Waals surface area contributed by atoms with E-state index in [0.29, 0.717) is 13.2 Å². The first-order valence-corrected chi connectivity index (χ1v) is 3.44. The van der Waals surface area contributed by atoms with E-state index in [1.165, 1.54) is 0 Å². The van der Waals surface area contributed by atoms with Gasteiger partial charge in [0.15, 0.2) is 0 Å². The molecule has 10 heavy (non-hydrogen) atoms. The minimum atomic E-state index is -0.347. The Bertz CT molecular complexity index is 116. The van der Waals surface area contributed by atoms with Crippen LogP contribution in [0, 0.1) is 0 Å². The molecule has 0 spiro atoms. The molecule has 0 radical (unpaired) electrons. The van der Waals surface area contributed by atoms with Gasteiger partial charge in [-0.25, -0.2) is 0 Å². The Morgan fingerprint density at radius 1 is 1.70 bits per heavy atom. The van der Waals surface area contributed by atoms with Crippen LogP contribution in [0.4, 0.5) is 0 Å². The monoisotopic (exact) mass is 143 g/mol. The molecule has 0 amide bonds. The van der Waals surface area contributed by atoms with Crippen LogP contribution in [-0.2, 0) is 4.74 Å². The molecule has 0 aromatic rings. The Hall–Kier alpha value is -0.380. The van der Waals surface area contributed by atoms with Crippen molar-refractivity contribution in [2.24, 2.45) is 0 Å². The van der Waals surface area contributed by atoms with Gasteiger partial charge in [0, 0.05) is 6.54 Å². The van der Waals surface area contributed by atoms with Crippen molar-refractivity contribution in [3.63, 3.8) is 0 Å². The summed E-state index contributed by atoms with van der Waals surface area (Å²) in [5, 5.41) is 12.3. The van der Waals surface area contributed by atoms with Crippen LogP contribution in [0.1, 0.15) is 0 Å². The zero-order valence-corrected chi connectivity index (χ0v) is 5.92. The summed E-state index contributed by atoms with van der Waals surface area (Å²) in [5.41, 5.74) is 0. The second kappa shape index (κ2) is 3.71. The average Bonchev–Trinajstić information content (AvgIpc) is 2.31. The molecule has 0 aromatic heterocycles. The Kier molecular flexibility index (Phi) is 2.86. The number of rotatable bonds is 3. The SMILES string of the molecule is C=CCN[C@@H]1COC[C@H]1O. The van der Waals surface area contributed by atoms with Crippen LogP contribution in [0.3, 0.4) is 0 Å². The number of ether oxygens (including phenoxy) is 1. The summed E-state index contributed by atoms with van der Waals surface area (Å²) >= 11 is 0. The second-order valence-electron chi connectivity index (χ2n) is 2.41. The largest absolute Gasteiger partial charge is 0.389 e. The topological polar surface area (TPSA) is 41.5 Å². The van der Waals surface area contributed by atoms with Gasteiger partial charge >= 0.3 is 0 Å². The first kappa shape index (κ1) is 7.72. The summed E-state index contributed by atoms with van der Waals surface area (Å²) in [6.07, 6.45) is 1.42. The first-order valence-electron chi connectivity index (χ1n) is 3.44. The van der Waals surface area contributed by atoms with Gasteiger partial charge in [-0.05, 0) is 0 Å². The molecule has 58 valence electrons. The smallest absolute Gasteiger partial charge is 0.0948 e. The van der Waals surface area contributed by atoms with Gasteiger partial charge in [0.05, 0.1) is 25.4 Å². The molecule has 3 nitrogen and oxygen atoms in total. The van der Waals surface area contributed by atoms with Gasteiger partial charge in [-0.15, -0.1) is 6.58 Å². The van der Waals surface area contributed by atoms with Crippen LogP contribution < -0.4 is 5.32 Å². The summed E-state index contributed by atoms with van der Waals surface area (Å²) < 4.78 is 5.02. The molecule has 1 fully saturated rings. The van der Waals surface area contributed by atoms with Crippen molar-refractivity contribution in [3.8, 4) is 0 Å². The van der Waals surface area contributed by atoms with E-state index in [4.69, 9.17) is 4.74 Å². The Labute approximate surface area is 60.7 Å². The number of hydrogen-bond donors (Lipinski definition) is 2. The van der Waals surface area contributed by atoms with Crippen LogP contribution in [0.2, 0.25) is 0 Å². The zero-order chi connectivity index (χ0) is 7.40. The van der Waals surface area contributed by atoms with Crippen LogP contribution in [-0.4, -0.2) is 37.0 Å². The van der Waals surface area contributed by atoms with Crippen molar-refractivity contribution in [1.29, 1.82) is 0 Å². The lowest BCUT2D eigenvalue weighted by Crippen LogP contribution is -2.38. The molecule has 0 bridgehead atoms. The summed E-state index contributed by atoms with van der Waals surface area (Å²) in [6.45, 7) is 5.35. The maximum Gasteiger partial charge on any atom is 0.0948 e. The molecule has 2 N–H and O–H groups in total. The van der Waals surface area contributed by atoms with Gasteiger partial charge in [0.2, 0.25) is 0 Å². The van der Waals surface area contributed by atoms with Crippen LogP contribution >= 0.6 is 0 Å². The quantitative estimate of drug-likeness (QED) is 0.524. The molecule has 3 heteroatoms. The van der Waals surface area contributed by atoms with Gasteiger partial charge in [0.25, 0.3) is 0 Å². The molecular formula is C7H13NO2. The van der Waals surface area contributed by atoms with E-state index in [9.17, 15) is 5.11 Å². The maximum atomic E-state index is 9.19. The van der Waals surface area contributed by atoms with Gasteiger partial charge < -0.3 is 15.2 Å². The van der Waals surface area contributed by atoms with E-state index in [1.807, 2.05) is 0 Å². The predicted molar refractivity (Wildman–Crippen MR) is 38.8 cm³/mol. The number of hydrogen-bond acceptors (Lipinski definition) is 3. The summed E-state index contributed by atoms with van der Waals surface area (Å²) in [4.78, 5) is 0. The molecule has 1 aliphatic heterocycles. The van der Waals surface area contributed by atoms with Crippen LogP contribution in [0.15, 0.2) is 12.7 Å². The molecule has 1 rings (SSSR count). The average molecular weight is 143 g/mol. The van der Waals surface area contributed by atoms with E-state index in [0.717, 1.165) is 6.54 Å². The van der Waals surface area contributed by atoms with E-state index < -0.39 is 0 Å². The van der Waals surface area contributed by atoms with Gasteiger partial charge in [-0.3, -0.25) is 0 Å². The number of nitrogens with one attached hydrogen (secondary N) is 1. The van der Waals surface area contributed by atoms with Gasteiger partial charge in [0.1, 0.15) is 0 Å². The van der Waals surface area contributed by atoms with Crippen molar-refractivity contribution < 1.29 is 9.84 Å². The molecule has 0 aliphatic carbocycles. The van der Waals surface area contributed by atoms with E-state index >= 15 is 0 Å². The Balaban J connectivity index is 2.19. The van der Waals surface area contributed by atoms with Crippen molar-refractivity contribution >= 4 is 0 Å². The number of aliphatic hydroxyl groups is 1. The fraction of sp³-hybridized carbons (Fsp3) is 0.714. The lowest BCUT2D eigenvalue weighted by Gasteiger charge is -2.11. The highest BCUT2D eigenvalue weighted by Gasteiger charge is 2.24. The maximum absolute atomic E-state index is 9.19. The molecule has 0 unspecified atom stereocenters. The van der Waals surface area contributed by atoms with Crippen molar-refractivity contribution in [1.82, 2.24) is 5.32 Å². The lowest BCUT2D eigenvalue weighted by atomic mass is 10.2. The van der Waals surface area contributed by atoms with Gasteiger partial charge in [-0.1, -0.05) is 6.08 Å². The summed E-state index contributed by atoms with van der Waals surface area (Å²) in [7, 11) is 0. The predicted octanol–water partition coefficient (Wildman–Crippen LogP) is -0.478. The van der Waals surface area contributed by atoms with E-state index in [2.05, 4.69) is 11.9 Å². The Morgan fingerprint density at radius 2 is 2.50 bits per heavy atom. The Morgan fingerprint density at radius 3 is 3.00 bits per heavy atom. The minimum absolute atomic E-state index is 0.0954. The van der Waals surface area contributed by atoms with Crippen molar-refractivity contribution in [2.45, 2.75) is 12.1 Å². The highest BCUT2D eigenvalue weighted by molar-refractivity contribution is 4.83. The first-order chi connectivity index (χ1) is 4.84. The minimum Gasteiger partial charge on any atom is -0.389 e. The standard InChI is InChI=1S/C7H13NO2/c1-2-3-8-6-4-10-5-7(6)9/h2,6-9H,1,3-5H2/t6-,7-/m1/s1. The third kappa shape index (κ3) is 1.80. The highest BCUT2D eigenvalue weighted by atomic mass is 16.5. The zero-order valence-electron chi connectivity index (χ0n) is 5.92. The van der Waals surface area contributed by atoms with Crippen molar-refractivity contribution in [3.05, 3.63) is 12.7 Å². The molecule has 1 heterocycles. The fourth-order valence-corrected chi connectivity index (χ4v) is 0.973. The number of aliphatic hydroxyl groups excluding tert-OH is 1. The third-order valence-electron chi connectivity index (χ3n) is 1.57. The van der Waals surface area contributed by atoms with E-state index in [1.54, 1.807) is 6.08 Å². The molecular weight excluding hydrogens is 130 g/mol. The molecule has 0 aromatic carbocycles. The molecule has 2 atom stereocenters. The highest BCUT2D eigenvalue weighted by Crippen LogP contribution is 2.03. The molecule has 1 saturated heterocycles. The third-order valence-corrected chi connectivity index (χ3v) is 1.57. The normalized spacial score (nSPS) is 32.5. The summed E-state index contributed by atoms with van der Waals surface area (Å²) in [5.74, 6) is 0. The van der Waals surface area contributed by atoms with Crippen molar-refractivity contribution in [2.75, 3.05) is 19.8 Å². The second-order valence-corrected chi connectivity index (χ2v) is 2.41. The lowest BCUT2D eigenvalue weighted by molar-refractivity contribution is 0.122. The summed E-state index contributed by atoms with van der Waals surface area (Å²) in [6, 6.07) is 0.0954. The fourth-order valence-electron chi connectivity index (χ4n) is 0.973. The van der Waals surface area contributed by atoms with Crippen LogP contribution in [0.5, 0.6) is 0 Å². The van der Waals surface area contributed by atoms with Crippen LogP contribution in [0.25, 0.3) is 0 Å². The van der Waals surface area contributed by atoms with Gasteiger partial charge in [-0.2, -0.15) is 0 Å².